The van der Waals surface area contributed by atoms with E-state index < -0.39 is 11.9 Å². The molecule has 112 valence electrons. The number of hydrogen-bond donors (Lipinski definition) is 0. The van der Waals surface area contributed by atoms with E-state index in [2.05, 4.69) is 9.47 Å². The number of carbonyl (C=O) groups is 2. The maximum absolute atomic E-state index is 11.7. The number of methoxy groups -OCH3 is 2. The minimum atomic E-state index is -0.734. The number of allylic oxidation sites excluding steroid dienone is 3. The van der Waals surface area contributed by atoms with Crippen molar-refractivity contribution in [2.24, 2.45) is 0 Å². The van der Waals surface area contributed by atoms with Crippen LogP contribution in [-0.4, -0.2) is 64.1 Å². The fourth-order valence-electron chi connectivity index (χ4n) is 1.32. The molecule has 0 N–H and O–H groups in total. The van der Waals surface area contributed by atoms with Gasteiger partial charge < -0.3 is 19.3 Å². The Kier molecular flexibility index (Phi) is 7.81. The Hall–Kier alpha value is -2.24. The molecule has 0 heterocycles. The predicted molar refractivity (Wildman–Crippen MR) is 76.7 cm³/mol. The molecule has 0 bridgehead atoms. The van der Waals surface area contributed by atoms with Gasteiger partial charge in [-0.3, -0.25) is 0 Å². The molecule has 0 amide bonds. The lowest BCUT2D eigenvalue weighted by molar-refractivity contribution is -0.144. The Morgan fingerprint density at radius 3 is 1.75 bits per heavy atom. The molecule has 0 atom stereocenters. The van der Waals surface area contributed by atoms with Crippen molar-refractivity contribution in [2.75, 3.05) is 42.4 Å². The third-order valence-corrected chi connectivity index (χ3v) is 2.27. The molecule has 0 aromatic heterocycles. The van der Waals surface area contributed by atoms with Crippen molar-refractivity contribution in [3.05, 3.63) is 35.7 Å². The SMILES string of the molecule is COC(=O)C(C(=O)OC)=C(/C=C/C=CN(C)C)N(C)C. The van der Waals surface area contributed by atoms with Crippen LogP contribution in [0.2, 0.25) is 0 Å². The molecule has 0 aliphatic rings. The standard InChI is InChI=1S/C14H22N2O4/c1-15(2)10-8-7-9-11(16(3)4)12(13(17)19-5)14(18)20-6/h7-10H,1-6H3/b9-7+,10-8?. The second-order valence-electron chi connectivity index (χ2n) is 4.30. The average molecular weight is 282 g/mol. The Labute approximate surface area is 119 Å². The van der Waals surface area contributed by atoms with Crippen LogP contribution in [0.25, 0.3) is 0 Å². The Bertz CT molecular complexity index is 416. The zero-order chi connectivity index (χ0) is 15.7. The number of nitrogens with zero attached hydrogens (tertiary/aromatic N) is 2. The molecule has 0 aliphatic heterocycles. The van der Waals surface area contributed by atoms with Crippen molar-refractivity contribution in [1.82, 2.24) is 9.80 Å². The van der Waals surface area contributed by atoms with E-state index in [1.807, 2.05) is 25.2 Å². The quantitative estimate of drug-likeness (QED) is 0.236. The van der Waals surface area contributed by atoms with Crippen molar-refractivity contribution in [3.8, 4) is 0 Å². The fourth-order valence-corrected chi connectivity index (χ4v) is 1.32. The van der Waals surface area contributed by atoms with Crippen molar-refractivity contribution < 1.29 is 19.1 Å². The van der Waals surface area contributed by atoms with Crippen LogP contribution < -0.4 is 0 Å². The van der Waals surface area contributed by atoms with Crippen LogP contribution in [0.5, 0.6) is 0 Å². The van der Waals surface area contributed by atoms with Crippen molar-refractivity contribution in [2.45, 2.75) is 0 Å². The van der Waals surface area contributed by atoms with E-state index in [4.69, 9.17) is 0 Å². The maximum atomic E-state index is 11.7. The zero-order valence-electron chi connectivity index (χ0n) is 12.8. The number of rotatable bonds is 6. The van der Waals surface area contributed by atoms with Crippen LogP contribution in [0.1, 0.15) is 0 Å². The molecule has 0 saturated carbocycles. The van der Waals surface area contributed by atoms with Crippen LogP contribution in [0.3, 0.4) is 0 Å². The van der Waals surface area contributed by atoms with Gasteiger partial charge in [0.2, 0.25) is 0 Å². The summed E-state index contributed by atoms with van der Waals surface area (Å²) in [7, 11) is 9.66. The number of likely N-dealkylation sites (N-methyl/N-ethyl adjacent to an activating group) is 1. The average Bonchev–Trinajstić information content (AvgIpc) is 2.40. The molecule has 0 aromatic rings. The van der Waals surface area contributed by atoms with Gasteiger partial charge in [0.15, 0.2) is 5.57 Å². The molecule has 0 saturated heterocycles. The molecule has 0 aliphatic carbocycles. The minimum absolute atomic E-state index is 0.144. The molecule has 6 heteroatoms. The van der Waals surface area contributed by atoms with Gasteiger partial charge in [0.05, 0.1) is 19.9 Å². The first-order valence-corrected chi connectivity index (χ1v) is 5.94. The summed E-state index contributed by atoms with van der Waals surface area (Å²) < 4.78 is 9.25. The summed E-state index contributed by atoms with van der Waals surface area (Å²) in [6.07, 6.45) is 6.99. The maximum Gasteiger partial charge on any atom is 0.347 e. The zero-order valence-corrected chi connectivity index (χ0v) is 12.8. The van der Waals surface area contributed by atoms with E-state index in [9.17, 15) is 9.59 Å². The highest BCUT2D eigenvalue weighted by atomic mass is 16.5. The lowest BCUT2D eigenvalue weighted by Crippen LogP contribution is -2.23. The first-order chi connectivity index (χ1) is 9.34. The normalized spacial score (nSPS) is 10.5. The molecule has 0 fully saturated rings. The van der Waals surface area contributed by atoms with Gasteiger partial charge in [0.1, 0.15) is 0 Å². The van der Waals surface area contributed by atoms with E-state index in [1.165, 1.54) is 14.2 Å². The number of hydrogen-bond acceptors (Lipinski definition) is 6. The van der Waals surface area contributed by atoms with Gasteiger partial charge in [-0.15, -0.1) is 0 Å². The van der Waals surface area contributed by atoms with Crippen LogP contribution in [0.4, 0.5) is 0 Å². The van der Waals surface area contributed by atoms with Crippen LogP contribution >= 0.6 is 0 Å². The van der Waals surface area contributed by atoms with E-state index in [1.54, 1.807) is 37.2 Å². The summed E-state index contributed by atoms with van der Waals surface area (Å²) in [4.78, 5) is 27.0. The first-order valence-electron chi connectivity index (χ1n) is 5.94. The van der Waals surface area contributed by atoms with Gasteiger partial charge in [-0.2, -0.15) is 0 Å². The summed E-state index contributed by atoms with van der Waals surface area (Å²) in [5.41, 5.74) is 0.265. The topological polar surface area (TPSA) is 59.1 Å². The second-order valence-corrected chi connectivity index (χ2v) is 4.30. The minimum Gasteiger partial charge on any atom is -0.465 e. The summed E-state index contributed by atoms with van der Waals surface area (Å²) >= 11 is 0. The molecular formula is C14H22N2O4. The second kappa shape index (κ2) is 8.79. The largest absolute Gasteiger partial charge is 0.465 e. The van der Waals surface area contributed by atoms with Gasteiger partial charge in [-0.25, -0.2) is 9.59 Å². The van der Waals surface area contributed by atoms with Gasteiger partial charge in [0, 0.05) is 28.2 Å². The third kappa shape index (κ3) is 5.60. The van der Waals surface area contributed by atoms with Crippen molar-refractivity contribution in [1.29, 1.82) is 0 Å². The smallest absolute Gasteiger partial charge is 0.347 e. The summed E-state index contributed by atoms with van der Waals surface area (Å²) in [6.45, 7) is 0. The predicted octanol–water partition coefficient (Wildman–Crippen LogP) is 0.780. The molecule has 0 unspecified atom stereocenters. The van der Waals surface area contributed by atoms with Gasteiger partial charge >= 0.3 is 11.9 Å². The fraction of sp³-hybridized carbons (Fsp3) is 0.429. The molecule has 0 radical (unpaired) electrons. The van der Waals surface area contributed by atoms with E-state index in [0.29, 0.717) is 5.70 Å². The Morgan fingerprint density at radius 1 is 0.900 bits per heavy atom. The highest BCUT2D eigenvalue weighted by Gasteiger charge is 2.24. The first kappa shape index (κ1) is 17.8. The molecule has 0 aromatic carbocycles. The van der Waals surface area contributed by atoms with Crippen molar-refractivity contribution >= 4 is 11.9 Å². The number of carbonyl (C=O) groups excluding carboxylic acids is 2. The van der Waals surface area contributed by atoms with Crippen LogP contribution in [0.15, 0.2) is 35.7 Å². The highest BCUT2D eigenvalue weighted by molar-refractivity contribution is 6.15. The van der Waals surface area contributed by atoms with E-state index in [-0.39, 0.29) is 5.57 Å². The monoisotopic (exact) mass is 282 g/mol. The lowest BCUT2D eigenvalue weighted by atomic mass is 10.1. The summed E-state index contributed by atoms with van der Waals surface area (Å²) in [6, 6.07) is 0. The Balaban J connectivity index is 5.60. The summed E-state index contributed by atoms with van der Waals surface area (Å²) in [5.74, 6) is -1.47. The third-order valence-electron chi connectivity index (χ3n) is 2.27. The number of esters is 2. The van der Waals surface area contributed by atoms with Crippen LogP contribution in [-0.2, 0) is 19.1 Å². The Morgan fingerprint density at radius 2 is 1.40 bits per heavy atom. The van der Waals surface area contributed by atoms with E-state index >= 15 is 0 Å². The summed E-state index contributed by atoms with van der Waals surface area (Å²) in [5, 5.41) is 0. The van der Waals surface area contributed by atoms with Crippen LogP contribution in [0, 0.1) is 0 Å². The highest BCUT2D eigenvalue weighted by Crippen LogP contribution is 2.13. The number of ether oxygens (including phenoxy) is 2. The molecular weight excluding hydrogens is 260 g/mol. The van der Waals surface area contributed by atoms with Gasteiger partial charge in [-0.1, -0.05) is 6.08 Å². The van der Waals surface area contributed by atoms with Gasteiger partial charge in [0.25, 0.3) is 0 Å². The molecule has 6 nitrogen and oxygen atoms in total. The van der Waals surface area contributed by atoms with Crippen molar-refractivity contribution in [3.63, 3.8) is 0 Å². The molecule has 20 heavy (non-hydrogen) atoms. The van der Waals surface area contributed by atoms with Gasteiger partial charge in [-0.05, 0) is 18.4 Å². The van der Waals surface area contributed by atoms with E-state index in [0.717, 1.165) is 0 Å². The molecule has 0 rings (SSSR count). The lowest BCUT2D eigenvalue weighted by Gasteiger charge is -2.17. The molecule has 0 spiro atoms.